The van der Waals surface area contributed by atoms with Crippen molar-refractivity contribution in [1.29, 1.82) is 0 Å². The molecule has 0 aromatic heterocycles. The predicted octanol–water partition coefficient (Wildman–Crippen LogP) is 2.42. The minimum Gasteiger partial charge on any atom is -0.310 e. The van der Waals surface area contributed by atoms with E-state index in [4.69, 9.17) is 0 Å². The molecule has 1 aromatic rings. The van der Waals surface area contributed by atoms with E-state index in [1.165, 1.54) is 12.1 Å². The molecular weight excluding hydrogens is 196 g/mol. The van der Waals surface area contributed by atoms with Gasteiger partial charge in [0, 0.05) is 6.04 Å². The second kappa shape index (κ2) is 4.03. The Labute approximate surface area is 81.6 Å². The normalized spacial score (nSPS) is 20.3. The molecule has 1 fully saturated rings. The van der Waals surface area contributed by atoms with Crippen LogP contribution in [0.2, 0.25) is 0 Å². The van der Waals surface area contributed by atoms with E-state index in [9.17, 15) is 8.78 Å². The SMILES string of the molecule is Cl.Fc1ccc([C@H]2CCN2)cc1F. The summed E-state index contributed by atoms with van der Waals surface area (Å²) in [4.78, 5) is 0. The molecule has 1 saturated heterocycles. The van der Waals surface area contributed by atoms with Crippen molar-refractivity contribution in [2.75, 3.05) is 6.54 Å². The minimum absolute atomic E-state index is 0. The molecule has 1 heterocycles. The number of hydrogen-bond acceptors (Lipinski definition) is 1. The zero-order valence-electron chi connectivity index (χ0n) is 6.89. The molecule has 1 aromatic carbocycles. The molecule has 0 unspecified atom stereocenters. The molecule has 1 N–H and O–H groups in total. The van der Waals surface area contributed by atoms with Gasteiger partial charge in [-0.05, 0) is 30.7 Å². The summed E-state index contributed by atoms with van der Waals surface area (Å²) in [5.74, 6) is -1.54. The van der Waals surface area contributed by atoms with E-state index in [-0.39, 0.29) is 18.4 Å². The van der Waals surface area contributed by atoms with E-state index in [0.29, 0.717) is 0 Å². The second-order valence-corrected chi connectivity index (χ2v) is 2.97. The monoisotopic (exact) mass is 205 g/mol. The molecule has 1 atom stereocenters. The molecule has 0 saturated carbocycles. The number of hydrogen-bond donors (Lipinski definition) is 1. The van der Waals surface area contributed by atoms with Gasteiger partial charge in [0.25, 0.3) is 0 Å². The van der Waals surface area contributed by atoms with Crippen LogP contribution >= 0.6 is 12.4 Å². The zero-order valence-corrected chi connectivity index (χ0v) is 7.70. The highest BCUT2D eigenvalue weighted by atomic mass is 35.5. The maximum Gasteiger partial charge on any atom is 0.159 e. The topological polar surface area (TPSA) is 12.0 Å². The van der Waals surface area contributed by atoms with Gasteiger partial charge in [-0.3, -0.25) is 0 Å². The van der Waals surface area contributed by atoms with E-state index in [1.54, 1.807) is 6.07 Å². The van der Waals surface area contributed by atoms with Gasteiger partial charge in [0.2, 0.25) is 0 Å². The maximum absolute atomic E-state index is 12.7. The Bertz CT molecular complexity index is 300. The van der Waals surface area contributed by atoms with Crippen molar-refractivity contribution in [3.8, 4) is 0 Å². The number of benzene rings is 1. The summed E-state index contributed by atoms with van der Waals surface area (Å²) < 4.78 is 25.2. The van der Waals surface area contributed by atoms with Crippen LogP contribution in [-0.4, -0.2) is 6.54 Å². The summed E-state index contributed by atoms with van der Waals surface area (Å²) in [6.07, 6.45) is 1.01. The van der Waals surface area contributed by atoms with Crippen LogP contribution in [-0.2, 0) is 0 Å². The standard InChI is InChI=1S/C9H9F2N.ClH/c10-7-2-1-6(5-8(7)11)9-3-4-12-9;/h1-2,5,9,12H,3-4H2;1H/t9-;/m1./s1. The van der Waals surface area contributed by atoms with E-state index in [1.807, 2.05) is 0 Å². The van der Waals surface area contributed by atoms with Crippen molar-refractivity contribution in [3.63, 3.8) is 0 Å². The third-order valence-corrected chi connectivity index (χ3v) is 2.17. The highest BCUT2D eigenvalue weighted by Crippen LogP contribution is 2.23. The quantitative estimate of drug-likeness (QED) is 0.743. The molecule has 1 aliphatic heterocycles. The minimum atomic E-state index is -0.780. The summed E-state index contributed by atoms with van der Waals surface area (Å²) in [5, 5.41) is 3.12. The first-order chi connectivity index (χ1) is 5.77. The molecular formula is C9H10ClF2N. The summed E-state index contributed by atoms with van der Waals surface area (Å²) in [5.41, 5.74) is 0.833. The average molecular weight is 206 g/mol. The highest BCUT2D eigenvalue weighted by Gasteiger charge is 2.19. The summed E-state index contributed by atoms with van der Waals surface area (Å²) in [7, 11) is 0. The van der Waals surface area contributed by atoms with Crippen LogP contribution < -0.4 is 5.32 Å². The van der Waals surface area contributed by atoms with E-state index in [2.05, 4.69) is 5.32 Å². The lowest BCUT2D eigenvalue weighted by Crippen LogP contribution is -2.34. The van der Waals surface area contributed by atoms with Crippen molar-refractivity contribution in [2.45, 2.75) is 12.5 Å². The van der Waals surface area contributed by atoms with Crippen molar-refractivity contribution in [3.05, 3.63) is 35.4 Å². The summed E-state index contributed by atoms with van der Waals surface area (Å²) >= 11 is 0. The Hall–Kier alpha value is -0.670. The third-order valence-electron chi connectivity index (χ3n) is 2.17. The molecule has 0 aliphatic carbocycles. The highest BCUT2D eigenvalue weighted by molar-refractivity contribution is 5.85. The molecule has 0 radical (unpaired) electrons. The largest absolute Gasteiger partial charge is 0.310 e. The third kappa shape index (κ3) is 1.98. The molecule has 72 valence electrons. The zero-order chi connectivity index (χ0) is 8.55. The molecule has 0 bridgehead atoms. The van der Waals surface area contributed by atoms with Crippen LogP contribution in [0.4, 0.5) is 8.78 Å². The van der Waals surface area contributed by atoms with Crippen LogP contribution in [0.25, 0.3) is 0 Å². The van der Waals surface area contributed by atoms with Gasteiger partial charge in [0.15, 0.2) is 11.6 Å². The van der Waals surface area contributed by atoms with Crippen molar-refractivity contribution in [2.24, 2.45) is 0 Å². The Morgan fingerprint density at radius 3 is 2.38 bits per heavy atom. The summed E-state index contributed by atoms with van der Waals surface area (Å²) in [6.45, 7) is 0.962. The van der Waals surface area contributed by atoms with Gasteiger partial charge >= 0.3 is 0 Å². The first-order valence-corrected chi connectivity index (χ1v) is 3.96. The summed E-state index contributed by atoms with van der Waals surface area (Å²) in [6, 6.07) is 4.27. The van der Waals surface area contributed by atoms with Crippen molar-refractivity contribution < 1.29 is 8.78 Å². The molecule has 4 heteroatoms. The van der Waals surface area contributed by atoms with E-state index in [0.717, 1.165) is 18.5 Å². The van der Waals surface area contributed by atoms with Gasteiger partial charge in [-0.1, -0.05) is 6.07 Å². The van der Waals surface area contributed by atoms with Crippen LogP contribution in [0.15, 0.2) is 18.2 Å². The van der Waals surface area contributed by atoms with Crippen LogP contribution in [0.3, 0.4) is 0 Å². The van der Waals surface area contributed by atoms with Crippen LogP contribution in [0, 0.1) is 11.6 Å². The fraction of sp³-hybridized carbons (Fsp3) is 0.333. The van der Waals surface area contributed by atoms with Gasteiger partial charge in [-0.15, -0.1) is 12.4 Å². The molecule has 1 aliphatic rings. The van der Waals surface area contributed by atoms with Crippen molar-refractivity contribution >= 4 is 12.4 Å². The number of rotatable bonds is 1. The van der Waals surface area contributed by atoms with Crippen LogP contribution in [0.5, 0.6) is 0 Å². The van der Waals surface area contributed by atoms with Gasteiger partial charge < -0.3 is 5.32 Å². The molecule has 13 heavy (non-hydrogen) atoms. The van der Waals surface area contributed by atoms with Gasteiger partial charge in [-0.2, -0.15) is 0 Å². The lowest BCUT2D eigenvalue weighted by Gasteiger charge is -2.27. The number of nitrogens with one attached hydrogen (secondary N) is 1. The van der Waals surface area contributed by atoms with E-state index < -0.39 is 11.6 Å². The van der Waals surface area contributed by atoms with Crippen molar-refractivity contribution in [1.82, 2.24) is 5.32 Å². The molecule has 0 amide bonds. The second-order valence-electron chi connectivity index (χ2n) is 2.97. The Morgan fingerprint density at radius 1 is 1.23 bits per heavy atom. The lowest BCUT2D eigenvalue weighted by atomic mass is 9.98. The van der Waals surface area contributed by atoms with Gasteiger partial charge in [0.1, 0.15) is 0 Å². The average Bonchev–Trinajstić information content (AvgIpc) is 1.93. The van der Waals surface area contributed by atoms with Crippen LogP contribution in [0.1, 0.15) is 18.0 Å². The Morgan fingerprint density at radius 2 is 1.92 bits per heavy atom. The Balaban J connectivity index is 0.000000845. The fourth-order valence-electron chi connectivity index (χ4n) is 1.30. The number of halogens is 3. The first-order valence-electron chi connectivity index (χ1n) is 3.96. The Kier molecular flexibility index (Phi) is 3.22. The molecule has 2 rings (SSSR count). The van der Waals surface area contributed by atoms with E-state index >= 15 is 0 Å². The first kappa shape index (κ1) is 10.4. The van der Waals surface area contributed by atoms with Gasteiger partial charge in [-0.25, -0.2) is 8.78 Å². The molecule has 1 nitrogen and oxygen atoms in total. The fourth-order valence-corrected chi connectivity index (χ4v) is 1.30. The molecule has 0 spiro atoms. The smallest absolute Gasteiger partial charge is 0.159 e. The van der Waals surface area contributed by atoms with Gasteiger partial charge in [0.05, 0.1) is 0 Å². The predicted molar refractivity (Wildman–Crippen MR) is 49.0 cm³/mol. The lowest BCUT2D eigenvalue weighted by molar-refractivity contribution is 0.380. The maximum atomic E-state index is 12.7.